The number of rotatable bonds is 11. The Bertz CT molecular complexity index is 1220. The number of fused-ring (bicyclic) bond motifs is 2. The summed E-state index contributed by atoms with van der Waals surface area (Å²) in [6.45, 7) is 8.63. The zero-order valence-corrected chi connectivity index (χ0v) is 24.4. The Balaban J connectivity index is 1.38. The number of nitrogens with zero attached hydrogens (tertiary/aromatic N) is 1. The summed E-state index contributed by atoms with van der Waals surface area (Å²) < 4.78 is 5.38. The van der Waals surface area contributed by atoms with E-state index in [1.54, 1.807) is 4.90 Å². The molecular formula is C31H42N4O6. The van der Waals surface area contributed by atoms with Gasteiger partial charge in [-0.1, -0.05) is 64.8 Å². The first-order valence-corrected chi connectivity index (χ1v) is 14.8. The van der Waals surface area contributed by atoms with Crippen LogP contribution < -0.4 is 16.4 Å². The largest absolute Gasteiger partial charge is 0.449 e. The van der Waals surface area contributed by atoms with Gasteiger partial charge in [-0.25, -0.2) is 4.79 Å². The molecule has 1 aromatic rings. The van der Waals surface area contributed by atoms with Gasteiger partial charge in [-0.2, -0.15) is 0 Å². The Morgan fingerprint density at radius 3 is 2.24 bits per heavy atom. The summed E-state index contributed by atoms with van der Waals surface area (Å²) in [5.41, 5.74) is 7.42. The van der Waals surface area contributed by atoms with E-state index in [0.717, 1.165) is 24.0 Å². The second-order valence-corrected chi connectivity index (χ2v) is 13.4. The summed E-state index contributed by atoms with van der Waals surface area (Å²) in [6, 6.07) is 5.29. The van der Waals surface area contributed by atoms with Crippen LogP contribution in [0.5, 0.6) is 0 Å². The van der Waals surface area contributed by atoms with Crippen LogP contribution in [0.25, 0.3) is 0 Å². The Kier molecular flexibility index (Phi) is 7.87. The Morgan fingerprint density at radius 1 is 1.05 bits per heavy atom. The minimum Gasteiger partial charge on any atom is -0.449 e. The molecule has 4 amide bonds. The fourth-order valence-electron chi connectivity index (χ4n) is 6.96. The molecule has 2 saturated carbocycles. The van der Waals surface area contributed by atoms with Crippen LogP contribution in [0.1, 0.15) is 58.1 Å². The van der Waals surface area contributed by atoms with Crippen molar-refractivity contribution in [3.8, 4) is 0 Å². The van der Waals surface area contributed by atoms with E-state index in [1.807, 2.05) is 38.1 Å². The first-order chi connectivity index (χ1) is 19.4. The monoisotopic (exact) mass is 566 g/mol. The maximum absolute atomic E-state index is 14.3. The number of Topliss-reactive ketones (excluding diaryl/α,β-unsaturated/α-hetero) is 1. The number of ether oxygens (including phenoxy) is 1. The van der Waals surface area contributed by atoms with Crippen LogP contribution in [-0.2, 0) is 36.8 Å². The van der Waals surface area contributed by atoms with E-state index in [0.29, 0.717) is 25.8 Å². The number of amides is 4. The van der Waals surface area contributed by atoms with Crippen LogP contribution in [0.4, 0.5) is 4.79 Å². The zero-order valence-electron chi connectivity index (χ0n) is 24.4. The van der Waals surface area contributed by atoms with Crippen LogP contribution in [-0.4, -0.2) is 65.8 Å². The fraction of sp³-hybridized carbons (Fsp3) is 0.645. The van der Waals surface area contributed by atoms with Crippen molar-refractivity contribution in [2.75, 3.05) is 13.2 Å². The second-order valence-electron chi connectivity index (χ2n) is 13.4. The van der Waals surface area contributed by atoms with Crippen molar-refractivity contribution in [3.05, 3.63) is 35.4 Å². The fourth-order valence-corrected chi connectivity index (χ4v) is 6.96. The molecule has 0 aromatic heterocycles. The third-order valence-electron chi connectivity index (χ3n) is 9.54. The molecule has 3 aliphatic carbocycles. The molecular weight excluding hydrogens is 524 g/mol. The number of ketones is 1. The summed E-state index contributed by atoms with van der Waals surface area (Å²) in [4.78, 5) is 66.8. The van der Waals surface area contributed by atoms with Gasteiger partial charge in [0.15, 0.2) is 0 Å². The smallest absolute Gasteiger partial charge is 0.407 e. The van der Waals surface area contributed by atoms with Crippen LogP contribution in [0, 0.1) is 35.0 Å². The van der Waals surface area contributed by atoms with E-state index >= 15 is 0 Å². The van der Waals surface area contributed by atoms with Crippen molar-refractivity contribution in [3.63, 3.8) is 0 Å². The van der Waals surface area contributed by atoms with Crippen LogP contribution in [0.15, 0.2) is 24.3 Å². The number of nitrogens with one attached hydrogen (secondary N) is 2. The summed E-state index contributed by atoms with van der Waals surface area (Å²) >= 11 is 0. The predicted octanol–water partition coefficient (Wildman–Crippen LogP) is 1.97. The van der Waals surface area contributed by atoms with Crippen molar-refractivity contribution in [1.29, 1.82) is 0 Å². The van der Waals surface area contributed by atoms with Gasteiger partial charge < -0.3 is 26.0 Å². The van der Waals surface area contributed by atoms with Gasteiger partial charge in [-0.15, -0.1) is 0 Å². The molecule has 0 bridgehead atoms. The molecule has 0 spiro atoms. The van der Waals surface area contributed by atoms with Crippen molar-refractivity contribution in [2.24, 2.45) is 40.7 Å². The van der Waals surface area contributed by atoms with Crippen molar-refractivity contribution < 1.29 is 28.7 Å². The van der Waals surface area contributed by atoms with Gasteiger partial charge in [0.1, 0.15) is 12.1 Å². The predicted molar refractivity (Wildman–Crippen MR) is 150 cm³/mol. The first kappa shape index (κ1) is 29.1. The van der Waals surface area contributed by atoms with Crippen molar-refractivity contribution in [1.82, 2.24) is 15.5 Å². The van der Waals surface area contributed by atoms with Crippen molar-refractivity contribution >= 4 is 29.6 Å². The average Bonchev–Trinajstić information content (AvgIpc) is 3.67. The highest BCUT2D eigenvalue weighted by Crippen LogP contribution is 2.65. The lowest BCUT2D eigenvalue weighted by Crippen LogP contribution is -2.59. The molecule has 10 nitrogen and oxygen atoms in total. The number of benzene rings is 1. The van der Waals surface area contributed by atoms with Gasteiger partial charge in [0, 0.05) is 6.54 Å². The maximum atomic E-state index is 14.3. The number of carbonyl (C=O) groups excluding carboxylic acids is 5. The zero-order chi connectivity index (χ0) is 29.6. The second kappa shape index (κ2) is 11.1. The number of alkyl carbamates (subject to hydrolysis) is 1. The lowest BCUT2D eigenvalue weighted by molar-refractivity contribution is -0.144. The molecule has 1 heterocycles. The van der Waals surface area contributed by atoms with E-state index in [4.69, 9.17) is 10.5 Å². The lowest BCUT2D eigenvalue weighted by atomic mass is 9.93. The molecule has 1 saturated heterocycles. The summed E-state index contributed by atoms with van der Waals surface area (Å²) in [6.07, 6.45) is 2.82. The SMILES string of the molecule is CC(C)COC(=O)N[C@H](C(=O)N1C[C@H]2[C@@H]([C@H]1C(=O)NC(CC1CC1)C(=O)C(N)=O)C2(C)C)C1Cc2ccccc2C1. The average molecular weight is 567 g/mol. The Morgan fingerprint density at radius 2 is 1.68 bits per heavy atom. The number of piperidine rings is 1. The topological polar surface area (TPSA) is 148 Å². The summed E-state index contributed by atoms with van der Waals surface area (Å²) in [5.74, 6) is -2.44. The highest BCUT2D eigenvalue weighted by molar-refractivity contribution is 6.37. The minimum atomic E-state index is -1.08. The first-order valence-electron chi connectivity index (χ1n) is 14.8. The normalized spacial score (nSPS) is 25.6. The van der Waals surface area contributed by atoms with Gasteiger partial charge in [0.05, 0.1) is 12.6 Å². The van der Waals surface area contributed by atoms with E-state index in [9.17, 15) is 24.0 Å². The molecule has 1 unspecified atom stereocenters. The highest BCUT2D eigenvalue weighted by atomic mass is 16.5. The van der Waals surface area contributed by atoms with Crippen LogP contribution >= 0.6 is 0 Å². The van der Waals surface area contributed by atoms with E-state index in [-0.39, 0.29) is 47.5 Å². The lowest BCUT2D eigenvalue weighted by Gasteiger charge is -2.35. The molecule has 1 aromatic carbocycles. The number of likely N-dealkylation sites (tertiary alicyclic amines) is 1. The molecule has 4 N–H and O–H groups in total. The number of primary amides is 1. The molecule has 5 rings (SSSR count). The third-order valence-corrected chi connectivity index (χ3v) is 9.54. The van der Waals surface area contributed by atoms with E-state index in [2.05, 4.69) is 24.5 Å². The van der Waals surface area contributed by atoms with Gasteiger partial charge in [-0.3, -0.25) is 19.2 Å². The molecule has 41 heavy (non-hydrogen) atoms. The quantitative estimate of drug-likeness (QED) is 0.349. The Labute approximate surface area is 241 Å². The Hall–Kier alpha value is -3.43. The van der Waals surface area contributed by atoms with Gasteiger partial charge in [0.2, 0.25) is 17.6 Å². The number of hydrogen-bond acceptors (Lipinski definition) is 6. The third kappa shape index (κ3) is 5.97. The number of nitrogens with two attached hydrogens (primary N) is 1. The molecule has 222 valence electrons. The maximum Gasteiger partial charge on any atom is 0.407 e. The standard InChI is InChI=1S/C31H42N4O6/c1-16(2)15-41-30(40)34-24(20-12-18-7-5-6-8-19(18)13-20)29(39)35-14-21-23(31(21,3)4)25(35)28(38)33-22(11-17-9-10-17)26(36)27(32)37/h5-8,16-17,20-25H,9-15H2,1-4H3,(H2,32,37)(H,33,38)(H,34,40)/t21-,22?,23-,24-,25-/m0/s1. The molecule has 4 aliphatic rings. The molecule has 1 aliphatic heterocycles. The van der Waals surface area contributed by atoms with Gasteiger partial charge >= 0.3 is 6.09 Å². The molecule has 0 radical (unpaired) electrons. The minimum absolute atomic E-state index is 0.0916. The number of carbonyl (C=O) groups is 5. The van der Waals surface area contributed by atoms with Crippen LogP contribution in [0.3, 0.4) is 0 Å². The van der Waals surface area contributed by atoms with E-state index in [1.165, 1.54) is 0 Å². The van der Waals surface area contributed by atoms with Crippen LogP contribution in [0.2, 0.25) is 0 Å². The molecule has 10 heteroatoms. The molecule has 5 atom stereocenters. The summed E-state index contributed by atoms with van der Waals surface area (Å²) in [5, 5.41) is 5.64. The van der Waals surface area contributed by atoms with Gasteiger partial charge in [-0.05, 0) is 65.4 Å². The highest BCUT2D eigenvalue weighted by Gasteiger charge is 2.69. The van der Waals surface area contributed by atoms with E-state index < -0.39 is 41.8 Å². The van der Waals surface area contributed by atoms with Gasteiger partial charge in [0.25, 0.3) is 5.91 Å². The van der Waals surface area contributed by atoms with Crippen molar-refractivity contribution in [2.45, 2.75) is 77.9 Å². The summed E-state index contributed by atoms with van der Waals surface area (Å²) in [7, 11) is 0. The number of hydrogen-bond donors (Lipinski definition) is 3. The molecule has 3 fully saturated rings.